The molecule has 0 saturated carbocycles. The minimum atomic E-state index is -3.18. The molecule has 3 aliphatic rings. The zero-order valence-electron chi connectivity index (χ0n) is 20.4. The van der Waals surface area contributed by atoms with Gasteiger partial charge in [-0.15, -0.1) is 0 Å². The Morgan fingerprint density at radius 1 is 1.10 bits per heavy atom. The zero-order valence-corrected chi connectivity index (χ0v) is 20.4. The van der Waals surface area contributed by atoms with Crippen LogP contribution in [0.3, 0.4) is 0 Å². The lowest BCUT2D eigenvalue weighted by molar-refractivity contribution is -0.132. The minimum Gasteiger partial charge on any atom is -0.450 e. The number of nitrogens with zero attached hydrogens (tertiary/aromatic N) is 3. The van der Waals surface area contributed by atoms with Gasteiger partial charge in [0.05, 0.1) is 43.3 Å². The Bertz CT molecular complexity index is 1230. The monoisotopic (exact) mass is 550 g/mol. The molecular weight excluding hydrogens is 525 g/mol. The first-order chi connectivity index (χ1) is 18.8. The molecule has 0 spiro atoms. The number of hydrogen-bond donors (Lipinski definition) is 3. The Morgan fingerprint density at radius 2 is 1.92 bits per heavy atom. The maximum atomic E-state index is 15.1. The number of benzene rings is 2. The normalized spacial score (nSPS) is 20.6. The molecule has 15 heteroatoms. The van der Waals surface area contributed by atoms with E-state index in [0.29, 0.717) is 12.3 Å². The number of rotatable bonds is 6. The Hall–Kier alpha value is -4.40. The number of para-hydroxylation sites is 2. The van der Waals surface area contributed by atoms with Crippen LogP contribution in [0.5, 0.6) is 5.75 Å². The van der Waals surface area contributed by atoms with Crippen LogP contribution in [0.4, 0.5) is 39.8 Å². The van der Waals surface area contributed by atoms with Gasteiger partial charge in [0, 0.05) is 13.1 Å². The van der Waals surface area contributed by atoms with Crippen LogP contribution in [0.15, 0.2) is 42.5 Å². The Kier molecular flexibility index (Phi) is 7.49. The summed E-state index contributed by atoms with van der Waals surface area (Å²) in [5, 5.41) is 8.85. The lowest BCUT2D eigenvalue weighted by Crippen LogP contribution is -2.49. The number of urea groups is 1. The number of nitrogens with one attached hydrogen (secondary N) is 3. The standard InChI is InChI=1S/C24H25F3N6O6/c25-16-11-14(32-13-15(38-24(32)36)12-28-21(34)20(26)27)5-6-18(16)31-7-8-33(37-10-9-31)23(35)30-22-29-17-3-1-2-4-19(17)39-22/h1-6,11,15,20,22,29H,7-10,12-13H2,(H,28,34)(H,30,35)/t15-,22?/m0/s1. The summed E-state index contributed by atoms with van der Waals surface area (Å²) < 4.78 is 50.6. The molecule has 2 saturated heterocycles. The van der Waals surface area contributed by atoms with Crippen LogP contribution in [0.25, 0.3) is 0 Å². The van der Waals surface area contributed by atoms with Crippen molar-refractivity contribution in [2.45, 2.75) is 18.9 Å². The molecule has 0 aromatic heterocycles. The van der Waals surface area contributed by atoms with Crippen molar-refractivity contribution >= 4 is 35.1 Å². The lowest BCUT2D eigenvalue weighted by atomic mass is 10.2. The van der Waals surface area contributed by atoms with Gasteiger partial charge in [0.2, 0.25) is 0 Å². The molecule has 3 N–H and O–H groups in total. The number of fused-ring (bicyclic) bond motifs is 1. The second kappa shape index (κ2) is 11.1. The SMILES string of the molecule is O=C(NC[C@H]1CN(c2ccc(N3CCON(C(=O)NC4Nc5ccccc5O4)CC3)c(F)c2)C(=O)O1)C(F)F. The van der Waals surface area contributed by atoms with E-state index in [1.54, 1.807) is 11.0 Å². The molecule has 208 valence electrons. The van der Waals surface area contributed by atoms with Crippen LogP contribution in [-0.4, -0.2) is 81.3 Å². The van der Waals surface area contributed by atoms with Crippen LogP contribution >= 0.6 is 0 Å². The van der Waals surface area contributed by atoms with Crippen molar-refractivity contribution in [2.24, 2.45) is 0 Å². The highest BCUT2D eigenvalue weighted by atomic mass is 19.3. The van der Waals surface area contributed by atoms with Crippen molar-refractivity contribution in [3.05, 3.63) is 48.3 Å². The van der Waals surface area contributed by atoms with E-state index in [2.05, 4.69) is 10.6 Å². The number of halogens is 3. The Labute approximate surface area is 220 Å². The van der Waals surface area contributed by atoms with Gasteiger partial charge in [0.1, 0.15) is 17.7 Å². The quantitative estimate of drug-likeness (QED) is 0.500. The van der Waals surface area contributed by atoms with Gasteiger partial charge in [0.25, 0.3) is 12.3 Å². The van der Waals surface area contributed by atoms with E-state index < -0.39 is 42.7 Å². The van der Waals surface area contributed by atoms with E-state index in [4.69, 9.17) is 14.3 Å². The fourth-order valence-corrected chi connectivity index (χ4v) is 4.34. The van der Waals surface area contributed by atoms with Gasteiger partial charge in [-0.3, -0.25) is 19.8 Å². The van der Waals surface area contributed by atoms with Gasteiger partial charge in [-0.05, 0) is 30.3 Å². The molecule has 2 aromatic rings. The van der Waals surface area contributed by atoms with E-state index in [-0.39, 0.29) is 44.2 Å². The molecule has 2 aromatic carbocycles. The predicted octanol–water partition coefficient (Wildman–Crippen LogP) is 2.08. The molecule has 5 rings (SSSR count). The molecule has 2 atom stereocenters. The number of hydroxylamine groups is 2. The Balaban J connectivity index is 1.15. The maximum absolute atomic E-state index is 15.1. The van der Waals surface area contributed by atoms with Crippen molar-refractivity contribution in [3.8, 4) is 5.75 Å². The number of hydrogen-bond acceptors (Lipinski definition) is 8. The third-order valence-corrected chi connectivity index (χ3v) is 6.24. The van der Waals surface area contributed by atoms with Crippen LogP contribution < -0.4 is 30.5 Å². The van der Waals surface area contributed by atoms with Gasteiger partial charge in [-0.2, -0.15) is 8.78 Å². The summed E-state index contributed by atoms with van der Waals surface area (Å²) in [6, 6.07) is 10.9. The molecular formula is C24H25F3N6O6. The lowest BCUT2D eigenvalue weighted by Gasteiger charge is -2.24. The molecule has 39 heavy (non-hydrogen) atoms. The summed E-state index contributed by atoms with van der Waals surface area (Å²) in [7, 11) is 0. The zero-order chi connectivity index (χ0) is 27.5. The topological polar surface area (TPSA) is 125 Å². The summed E-state index contributed by atoms with van der Waals surface area (Å²) in [5.74, 6) is -1.47. The van der Waals surface area contributed by atoms with Crippen molar-refractivity contribution in [1.29, 1.82) is 0 Å². The highest BCUT2D eigenvalue weighted by molar-refractivity contribution is 5.90. The van der Waals surface area contributed by atoms with E-state index in [1.165, 1.54) is 12.1 Å². The van der Waals surface area contributed by atoms with Crippen LogP contribution in [0.1, 0.15) is 0 Å². The van der Waals surface area contributed by atoms with Crippen LogP contribution in [-0.2, 0) is 14.4 Å². The van der Waals surface area contributed by atoms with Gasteiger partial charge >= 0.3 is 18.5 Å². The van der Waals surface area contributed by atoms with Crippen molar-refractivity contribution in [3.63, 3.8) is 0 Å². The van der Waals surface area contributed by atoms with Crippen molar-refractivity contribution in [2.75, 3.05) is 54.4 Å². The molecule has 3 aliphatic heterocycles. The number of carbonyl (C=O) groups is 3. The number of anilines is 3. The first kappa shape index (κ1) is 26.2. The highest BCUT2D eigenvalue weighted by Gasteiger charge is 2.34. The third-order valence-electron chi connectivity index (χ3n) is 6.24. The second-order valence-corrected chi connectivity index (χ2v) is 8.81. The molecule has 3 heterocycles. The highest BCUT2D eigenvalue weighted by Crippen LogP contribution is 2.31. The summed E-state index contributed by atoms with van der Waals surface area (Å²) in [5.41, 5.74) is 1.20. The summed E-state index contributed by atoms with van der Waals surface area (Å²) >= 11 is 0. The van der Waals surface area contributed by atoms with Crippen LogP contribution in [0.2, 0.25) is 0 Å². The molecule has 0 aliphatic carbocycles. The molecule has 12 nitrogen and oxygen atoms in total. The molecule has 2 fully saturated rings. The number of carbonyl (C=O) groups excluding carboxylic acids is 3. The van der Waals surface area contributed by atoms with Gasteiger partial charge in [0.15, 0.2) is 0 Å². The largest absolute Gasteiger partial charge is 0.450 e. The number of cyclic esters (lactones) is 1. The number of alkyl halides is 2. The molecule has 1 unspecified atom stereocenters. The smallest absolute Gasteiger partial charge is 0.414 e. The molecule has 0 radical (unpaired) electrons. The predicted molar refractivity (Wildman–Crippen MR) is 131 cm³/mol. The maximum Gasteiger partial charge on any atom is 0.414 e. The van der Waals surface area contributed by atoms with Crippen LogP contribution in [0, 0.1) is 5.82 Å². The average Bonchev–Trinajstić information content (AvgIpc) is 3.40. The number of amides is 4. The van der Waals surface area contributed by atoms with Gasteiger partial charge < -0.3 is 25.0 Å². The Morgan fingerprint density at radius 3 is 2.69 bits per heavy atom. The fourth-order valence-electron chi connectivity index (χ4n) is 4.34. The van der Waals surface area contributed by atoms with E-state index in [0.717, 1.165) is 21.7 Å². The average molecular weight is 550 g/mol. The third kappa shape index (κ3) is 5.87. The first-order valence-electron chi connectivity index (χ1n) is 12.1. The van der Waals surface area contributed by atoms with E-state index in [1.807, 2.05) is 23.5 Å². The van der Waals surface area contributed by atoms with Crippen molar-refractivity contribution in [1.82, 2.24) is 15.7 Å². The summed E-state index contributed by atoms with van der Waals surface area (Å²) in [6.07, 6.45) is -5.59. The molecule has 0 bridgehead atoms. The van der Waals surface area contributed by atoms with E-state index in [9.17, 15) is 23.2 Å². The summed E-state index contributed by atoms with van der Waals surface area (Å²) in [4.78, 5) is 44.4. The minimum absolute atomic E-state index is 0.0482. The van der Waals surface area contributed by atoms with Gasteiger partial charge in [-0.1, -0.05) is 12.1 Å². The van der Waals surface area contributed by atoms with Gasteiger partial charge in [-0.25, -0.2) is 19.0 Å². The number of ether oxygens (including phenoxy) is 2. The fraction of sp³-hybridized carbons (Fsp3) is 0.375. The second-order valence-electron chi connectivity index (χ2n) is 8.81. The van der Waals surface area contributed by atoms with E-state index >= 15 is 4.39 Å². The molecule has 4 amide bonds. The van der Waals surface area contributed by atoms with Crippen molar-refractivity contribution < 1.29 is 41.9 Å². The first-order valence-corrected chi connectivity index (χ1v) is 12.1. The summed E-state index contributed by atoms with van der Waals surface area (Å²) in [6.45, 7) is 0.463.